The third kappa shape index (κ3) is 7.32. The second kappa shape index (κ2) is 13.6. The summed E-state index contributed by atoms with van der Waals surface area (Å²) in [6, 6.07) is 13.7. The molecule has 2 unspecified atom stereocenters. The summed E-state index contributed by atoms with van der Waals surface area (Å²) in [5, 5.41) is 22.0. The Labute approximate surface area is 271 Å². The number of carbonyl (C=O) groups is 2. The first-order chi connectivity index (χ1) is 22.3. The molecule has 250 valence electrons. The zero-order chi connectivity index (χ0) is 33.9. The predicted molar refractivity (Wildman–Crippen MR) is 171 cm³/mol. The number of aliphatic hydroxyl groups is 1. The number of nitro groups is 1. The highest BCUT2D eigenvalue weighted by molar-refractivity contribution is 6.51. The third-order valence-corrected chi connectivity index (χ3v) is 8.22. The minimum atomic E-state index is -1.82. The van der Waals surface area contributed by atoms with Gasteiger partial charge in [0.15, 0.2) is 12.4 Å². The van der Waals surface area contributed by atoms with Gasteiger partial charge < -0.3 is 29.0 Å². The van der Waals surface area contributed by atoms with E-state index in [2.05, 4.69) is 35.7 Å². The Morgan fingerprint density at radius 1 is 1.19 bits per heavy atom. The summed E-state index contributed by atoms with van der Waals surface area (Å²) < 4.78 is 22.0. The molecule has 0 aliphatic carbocycles. The zero-order valence-corrected chi connectivity index (χ0v) is 26.6. The first-order valence-corrected chi connectivity index (χ1v) is 15.1. The van der Waals surface area contributed by atoms with Gasteiger partial charge in [-0.15, -0.1) is 0 Å². The number of aliphatic imine (C=N–C) groups is 3. The third-order valence-electron chi connectivity index (χ3n) is 8.22. The van der Waals surface area contributed by atoms with E-state index >= 15 is 0 Å². The van der Waals surface area contributed by atoms with Gasteiger partial charge in [-0.05, 0) is 23.1 Å². The van der Waals surface area contributed by atoms with Crippen LogP contribution < -0.4 is 10.5 Å². The number of amidine groups is 1. The van der Waals surface area contributed by atoms with Crippen LogP contribution in [0.4, 0.5) is 10.5 Å². The minimum absolute atomic E-state index is 0.0249. The minimum Gasteiger partial charge on any atom is -0.486 e. The van der Waals surface area contributed by atoms with Crippen LogP contribution in [-0.4, -0.2) is 95.3 Å². The molecule has 1 fully saturated rings. The number of Topliss-reactive ketones (excluding diaryl/α,β-unsaturated/α-hetero) is 1. The Balaban J connectivity index is 1.12. The van der Waals surface area contributed by atoms with Crippen molar-refractivity contribution in [2.75, 3.05) is 26.5 Å². The average molecular weight is 651 g/mol. The maximum Gasteiger partial charge on any atom is 0.508 e. The van der Waals surface area contributed by atoms with Crippen LogP contribution in [0.3, 0.4) is 0 Å². The standard InChI is InChI=1S/C32H38N6O9/c1-19(22-7-5-6-8-23(22)38(42)43)14-45-30(41)46-15-25-24(39)13-27(47-25)37-18-35-28-29(37)34-17-36-32(28,33)26(40)16-44-21-11-9-20(10-12-21)31(2,3)4/h5-12,17,19,24-25,27,39H,13-16,18,33H2,1-4H3/t19?,24-,25+,27+,32?/m0/s1. The van der Waals surface area contributed by atoms with Crippen molar-refractivity contribution in [1.82, 2.24) is 4.90 Å². The van der Waals surface area contributed by atoms with E-state index in [1.54, 1.807) is 42.2 Å². The largest absolute Gasteiger partial charge is 0.508 e. The van der Waals surface area contributed by atoms with Crippen molar-refractivity contribution in [3.63, 3.8) is 0 Å². The van der Waals surface area contributed by atoms with Crippen LogP contribution in [0.5, 0.6) is 5.75 Å². The molecule has 15 nitrogen and oxygen atoms in total. The molecule has 5 atom stereocenters. The molecular formula is C32H38N6O9. The van der Waals surface area contributed by atoms with Crippen LogP contribution in [0.1, 0.15) is 51.2 Å². The molecule has 5 rings (SSSR count). The molecule has 3 aliphatic heterocycles. The molecule has 0 saturated carbocycles. The van der Waals surface area contributed by atoms with Gasteiger partial charge in [-0.3, -0.25) is 25.6 Å². The van der Waals surface area contributed by atoms with Crippen LogP contribution in [0.2, 0.25) is 0 Å². The number of ether oxygens (including phenoxy) is 4. The lowest BCUT2D eigenvalue weighted by Crippen LogP contribution is -2.60. The van der Waals surface area contributed by atoms with Crippen LogP contribution in [0, 0.1) is 10.1 Å². The summed E-state index contributed by atoms with van der Waals surface area (Å²) in [7, 11) is 0. The van der Waals surface area contributed by atoms with E-state index in [4.69, 9.17) is 24.7 Å². The van der Waals surface area contributed by atoms with Gasteiger partial charge in [0.05, 0.1) is 11.0 Å². The quantitative estimate of drug-likeness (QED) is 0.206. The molecule has 1 saturated heterocycles. The fourth-order valence-electron chi connectivity index (χ4n) is 5.43. The van der Waals surface area contributed by atoms with E-state index < -0.39 is 46.9 Å². The summed E-state index contributed by atoms with van der Waals surface area (Å²) in [4.78, 5) is 50.9. The van der Waals surface area contributed by atoms with Gasteiger partial charge in [-0.2, -0.15) is 0 Å². The Hall–Kier alpha value is -4.73. The number of fused-ring (bicyclic) bond motifs is 1. The molecule has 0 radical (unpaired) electrons. The van der Waals surface area contributed by atoms with Crippen LogP contribution in [-0.2, 0) is 24.4 Å². The number of ketones is 1. The van der Waals surface area contributed by atoms with Crippen molar-refractivity contribution in [2.24, 2.45) is 20.7 Å². The lowest BCUT2D eigenvalue weighted by atomic mass is 9.87. The van der Waals surface area contributed by atoms with E-state index in [1.165, 1.54) is 12.4 Å². The van der Waals surface area contributed by atoms with E-state index in [0.29, 0.717) is 11.3 Å². The number of nitrogens with two attached hydrogens (primary N) is 1. The molecule has 3 heterocycles. The lowest BCUT2D eigenvalue weighted by Gasteiger charge is -2.30. The Bertz CT molecular complexity index is 1600. The van der Waals surface area contributed by atoms with Gasteiger partial charge in [0, 0.05) is 24.0 Å². The fraction of sp³-hybridized carbons (Fsp3) is 0.469. The number of hydrogen-bond donors (Lipinski definition) is 2. The Morgan fingerprint density at radius 3 is 2.62 bits per heavy atom. The van der Waals surface area contributed by atoms with Gasteiger partial charge in [-0.1, -0.05) is 58.0 Å². The van der Waals surface area contributed by atoms with Crippen molar-refractivity contribution < 1.29 is 38.6 Å². The Morgan fingerprint density at radius 2 is 1.91 bits per heavy atom. The van der Waals surface area contributed by atoms with E-state index in [-0.39, 0.29) is 55.6 Å². The van der Waals surface area contributed by atoms with Gasteiger partial charge in [0.1, 0.15) is 50.0 Å². The number of rotatable bonds is 11. The molecule has 2 aromatic rings. The van der Waals surface area contributed by atoms with Crippen LogP contribution >= 0.6 is 0 Å². The van der Waals surface area contributed by atoms with Gasteiger partial charge in [0.2, 0.25) is 11.4 Å². The number of nitro benzene ring substituents is 1. The van der Waals surface area contributed by atoms with Crippen LogP contribution in [0.25, 0.3) is 0 Å². The molecule has 0 bridgehead atoms. The fourth-order valence-corrected chi connectivity index (χ4v) is 5.43. The molecule has 3 N–H and O–H groups in total. The Kier molecular flexibility index (Phi) is 9.70. The first kappa shape index (κ1) is 33.6. The SMILES string of the molecule is CC(COC(=O)OC[C@H]1O[C@@H](N2CN=C3C2=NC=NC3(N)C(=O)COc2ccc(C(C)(C)C)cc2)C[C@@H]1O)c1ccccc1[N+](=O)[O-]. The molecule has 15 heteroatoms. The summed E-state index contributed by atoms with van der Waals surface area (Å²) in [6.07, 6.45) is -2.27. The van der Waals surface area contributed by atoms with Gasteiger partial charge >= 0.3 is 6.16 Å². The van der Waals surface area contributed by atoms with E-state index in [0.717, 1.165) is 5.56 Å². The second-order valence-corrected chi connectivity index (χ2v) is 12.6. The molecule has 0 spiro atoms. The summed E-state index contributed by atoms with van der Waals surface area (Å²) in [5.74, 6) is -0.180. The van der Waals surface area contributed by atoms with Crippen LogP contribution in [0.15, 0.2) is 63.5 Å². The van der Waals surface area contributed by atoms with Crippen molar-refractivity contribution in [3.8, 4) is 5.75 Å². The molecule has 2 aromatic carbocycles. The summed E-state index contributed by atoms with van der Waals surface area (Å²) >= 11 is 0. The highest BCUT2D eigenvalue weighted by atomic mass is 16.7. The molecular weight excluding hydrogens is 612 g/mol. The molecule has 0 amide bonds. The normalized spacial score (nSPS) is 24.2. The number of carbonyl (C=O) groups excluding carboxylic acids is 2. The molecule has 3 aliphatic rings. The number of hydrogen-bond acceptors (Lipinski definition) is 14. The molecule has 47 heavy (non-hydrogen) atoms. The van der Waals surface area contributed by atoms with Gasteiger partial charge in [0.25, 0.3) is 5.69 Å². The van der Waals surface area contributed by atoms with E-state index in [1.807, 2.05) is 12.1 Å². The predicted octanol–water partition coefficient (Wildman–Crippen LogP) is 3.08. The molecule has 0 aromatic heterocycles. The van der Waals surface area contributed by atoms with Crippen molar-refractivity contribution in [3.05, 3.63) is 69.8 Å². The smallest absolute Gasteiger partial charge is 0.486 e. The van der Waals surface area contributed by atoms with E-state index in [9.17, 15) is 24.8 Å². The summed E-state index contributed by atoms with van der Waals surface area (Å²) in [5.41, 5.74) is 6.27. The maximum absolute atomic E-state index is 13.3. The average Bonchev–Trinajstić information content (AvgIpc) is 3.65. The first-order valence-electron chi connectivity index (χ1n) is 15.1. The van der Waals surface area contributed by atoms with Crippen molar-refractivity contribution >= 4 is 35.5 Å². The van der Waals surface area contributed by atoms with Gasteiger partial charge in [-0.25, -0.2) is 14.8 Å². The maximum atomic E-state index is 13.3. The number of aliphatic hydroxyl groups excluding tert-OH is 1. The monoisotopic (exact) mass is 650 g/mol. The highest BCUT2D eigenvalue weighted by Crippen LogP contribution is 2.30. The topological polar surface area (TPSA) is 201 Å². The second-order valence-electron chi connectivity index (χ2n) is 12.6. The van der Waals surface area contributed by atoms with Crippen molar-refractivity contribution in [2.45, 2.75) is 69.5 Å². The highest BCUT2D eigenvalue weighted by Gasteiger charge is 2.50. The lowest BCUT2D eigenvalue weighted by molar-refractivity contribution is -0.385. The number of benzene rings is 2. The number of nitrogens with zero attached hydrogens (tertiary/aromatic N) is 5. The zero-order valence-electron chi connectivity index (χ0n) is 26.6. The summed E-state index contributed by atoms with van der Waals surface area (Å²) in [6.45, 7) is 7.26. The van der Waals surface area contributed by atoms with Crippen molar-refractivity contribution in [1.29, 1.82) is 0 Å². The number of para-hydroxylation sites is 1.